The van der Waals surface area contributed by atoms with Gasteiger partial charge < -0.3 is 0 Å². The molecule has 1 aromatic heterocycles. The van der Waals surface area contributed by atoms with E-state index in [0.29, 0.717) is 6.42 Å². The number of Topliss-reactive ketones (excluding diaryl/α,β-unsaturated/α-hetero) is 1. The summed E-state index contributed by atoms with van der Waals surface area (Å²) in [6, 6.07) is 3.59. The van der Waals surface area contributed by atoms with E-state index >= 15 is 0 Å². The third-order valence-corrected chi connectivity index (χ3v) is 2.12. The van der Waals surface area contributed by atoms with Gasteiger partial charge in [0, 0.05) is 17.7 Å². The molecule has 0 saturated heterocycles. The Morgan fingerprint density at radius 2 is 2.25 bits per heavy atom. The highest BCUT2D eigenvalue weighted by Gasteiger charge is 2.06. The Kier molecular flexibility index (Phi) is 2.98. The summed E-state index contributed by atoms with van der Waals surface area (Å²) in [6.07, 6.45) is 0.532. The Labute approximate surface area is 80.1 Å². The van der Waals surface area contributed by atoms with Crippen LogP contribution in [0.4, 0.5) is 0 Å². The zero-order valence-corrected chi connectivity index (χ0v) is 8.68. The summed E-state index contributed by atoms with van der Waals surface area (Å²) in [5.41, 5.74) is 1.51. The van der Waals surface area contributed by atoms with Crippen LogP contribution >= 0.6 is 15.9 Å². The summed E-state index contributed by atoms with van der Waals surface area (Å²) < 4.78 is 0.771. The van der Waals surface area contributed by atoms with Crippen molar-refractivity contribution in [3.05, 3.63) is 28.0 Å². The predicted octanol–water partition coefficient (Wildman–Crippen LogP) is 2.75. The van der Waals surface area contributed by atoms with E-state index in [1.807, 2.05) is 13.8 Å². The average molecular weight is 228 g/mol. The second-order valence-corrected chi connectivity index (χ2v) is 3.36. The first-order valence-corrected chi connectivity index (χ1v) is 4.60. The van der Waals surface area contributed by atoms with Crippen molar-refractivity contribution in [3.8, 4) is 0 Å². The summed E-state index contributed by atoms with van der Waals surface area (Å²) in [5.74, 6) is 0.146. The maximum absolute atomic E-state index is 11.3. The fourth-order valence-electron chi connectivity index (χ4n) is 1.02. The van der Waals surface area contributed by atoms with Crippen molar-refractivity contribution in [2.24, 2.45) is 0 Å². The normalized spacial score (nSPS) is 9.92. The fourth-order valence-corrected chi connectivity index (χ4v) is 1.41. The molecule has 0 radical (unpaired) electrons. The van der Waals surface area contributed by atoms with Crippen LogP contribution in [0.5, 0.6) is 0 Å². The van der Waals surface area contributed by atoms with E-state index in [2.05, 4.69) is 20.9 Å². The smallest absolute Gasteiger partial charge is 0.164 e. The molecule has 1 aromatic rings. The Balaban J connectivity index is 3.09. The van der Waals surface area contributed by atoms with E-state index < -0.39 is 0 Å². The number of aromatic nitrogens is 1. The molecule has 0 bridgehead atoms. The molecule has 0 saturated carbocycles. The van der Waals surface area contributed by atoms with Gasteiger partial charge in [0.05, 0.1) is 0 Å². The van der Waals surface area contributed by atoms with Gasteiger partial charge in [-0.25, -0.2) is 4.98 Å². The van der Waals surface area contributed by atoms with Crippen molar-refractivity contribution in [3.63, 3.8) is 0 Å². The van der Waals surface area contributed by atoms with E-state index in [-0.39, 0.29) is 5.78 Å². The molecule has 0 unspecified atom stereocenters. The van der Waals surface area contributed by atoms with Crippen LogP contribution < -0.4 is 0 Å². The first-order valence-electron chi connectivity index (χ1n) is 3.81. The lowest BCUT2D eigenvalue weighted by Crippen LogP contribution is -2.01. The molecule has 2 nitrogen and oxygen atoms in total. The van der Waals surface area contributed by atoms with Gasteiger partial charge in [-0.1, -0.05) is 6.92 Å². The standard InChI is InChI=1S/C9H10BrNO/c1-3-8(12)7-4-5-9(10)11-6(7)2/h4-5H,3H2,1-2H3. The molecule has 64 valence electrons. The third-order valence-electron chi connectivity index (χ3n) is 1.67. The number of halogens is 1. The van der Waals surface area contributed by atoms with Gasteiger partial charge in [-0.3, -0.25) is 4.79 Å². The molecule has 0 aliphatic heterocycles. The summed E-state index contributed by atoms with van der Waals surface area (Å²) >= 11 is 3.24. The average Bonchev–Trinajstić information content (AvgIpc) is 2.03. The topological polar surface area (TPSA) is 30.0 Å². The lowest BCUT2D eigenvalue weighted by Gasteiger charge is -2.01. The number of hydrogen-bond donors (Lipinski definition) is 0. The lowest BCUT2D eigenvalue weighted by atomic mass is 10.1. The van der Waals surface area contributed by atoms with Gasteiger partial charge in [0.1, 0.15) is 4.60 Å². The van der Waals surface area contributed by atoms with Gasteiger partial charge >= 0.3 is 0 Å². The molecule has 0 atom stereocenters. The summed E-state index contributed by atoms with van der Waals surface area (Å²) in [4.78, 5) is 15.4. The van der Waals surface area contributed by atoms with Crippen molar-refractivity contribution >= 4 is 21.7 Å². The van der Waals surface area contributed by atoms with Gasteiger partial charge in [0.2, 0.25) is 0 Å². The highest BCUT2D eigenvalue weighted by Crippen LogP contribution is 2.12. The number of ketones is 1. The minimum atomic E-state index is 0.146. The zero-order valence-electron chi connectivity index (χ0n) is 7.10. The number of nitrogens with zero attached hydrogens (tertiary/aromatic N) is 1. The van der Waals surface area contributed by atoms with Crippen LogP contribution in [-0.4, -0.2) is 10.8 Å². The maximum atomic E-state index is 11.3. The highest BCUT2D eigenvalue weighted by atomic mass is 79.9. The SMILES string of the molecule is CCC(=O)c1ccc(Br)nc1C. The number of carbonyl (C=O) groups is 1. The van der Waals surface area contributed by atoms with Gasteiger partial charge in [-0.05, 0) is 35.0 Å². The molecule has 0 N–H and O–H groups in total. The molecular formula is C9H10BrNO. The molecule has 0 aromatic carbocycles. The maximum Gasteiger partial charge on any atom is 0.164 e. The molecule has 1 rings (SSSR count). The van der Waals surface area contributed by atoms with Crippen LogP contribution in [-0.2, 0) is 0 Å². The Morgan fingerprint density at radius 1 is 1.58 bits per heavy atom. The van der Waals surface area contributed by atoms with Crippen molar-refractivity contribution in [1.82, 2.24) is 4.98 Å². The Morgan fingerprint density at radius 3 is 2.75 bits per heavy atom. The van der Waals surface area contributed by atoms with Crippen LogP contribution in [0.3, 0.4) is 0 Å². The largest absolute Gasteiger partial charge is 0.294 e. The lowest BCUT2D eigenvalue weighted by molar-refractivity contribution is 0.0987. The van der Waals surface area contributed by atoms with Crippen molar-refractivity contribution in [1.29, 1.82) is 0 Å². The van der Waals surface area contributed by atoms with Crippen LogP contribution in [0.1, 0.15) is 29.4 Å². The molecule has 0 spiro atoms. The number of aryl methyl sites for hydroxylation is 1. The molecule has 0 fully saturated rings. The summed E-state index contributed by atoms with van der Waals surface area (Å²) in [5, 5.41) is 0. The van der Waals surface area contributed by atoms with Crippen molar-refractivity contribution < 1.29 is 4.79 Å². The Bertz CT molecular complexity index is 309. The van der Waals surface area contributed by atoms with E-state index in [9.17, 15) is 4.79 Å². The van der Waals surface area contributed by atoms with E-state index in [1.54, 1.807) is 12.1 Å². The van der Waals surface area contributed by atoms with Gasteiger partial charge in [-0.2, -0.15) is 0 Å². The van der Waals surface area contributed by atoms with E-state index in [1.165, 1.54) is 0 Å². The van der Waals surface area contributed by atoms with Crippen LogP contribution in [0.25, 0.3) is 0 Å². The van der Waals surface area contributed by atoms with E-state index in [0.717, 1.165) is 15.9 Å². The predicted molar refractivity (Wildman–Crippen MR) is 51.3 cm³/mol. The first-order chi connectivity index (χ1) is 5.65. The van der Waals surface area contributed by atoms with Crippen LogP contribution in [0.2, 0.25) is 0 Å². The second-order valence-electron chi connectivity index (χ2n) is 2.54. The van der Waals surface area contributed by atoms with Crippen molar-refractivity contribution in [2.75, 3.05) is 0 Å². The molecule has 0 aliphatic rings. The Hall–Kier alpha value is -0.700. The number of rotatable bonds is 2. The van der Waals surface area contributed by atoms with Crippen LogP contribution in [0.15, 0.2) is 16.7 Å². The van der Waals surface area contributed by atoms with E-state index in [4.69, 9.17) is 0 Å². The molecule has 12 heavy (non-hydrogen) atoms. The molecule has 0 amide bonds. The van der Waals surface area contributed by atoms with Crippen LogP contribution in [0, 0.1) is 6.92 Å². The van der Waals surface area contributed by atoms with Gasteiger partial charge in [0.15, 0.2) is 5.78 Å². The molecule has 1 heterocycles. The minimum absolute atomic E-state index is 0.146. The molecule has 0 aliphatic carbocycles. The monoisotopic (exact) mass is 227 g/mol. The summed E-state index contributed by atoms with van der Waals surface area (Å²) in [6.45, 7) is 3.69. The number of pyridine rings is 1. The molecular weight excluding hydrogens is 218 g/mol. The van der Waals surface area contributed by atoms with Gasteiger partial charge in [-0.15, -0.1) is 0 Å². The fraction of sp³-hybridized carbons (Fsp3) is 0.333. The van der Waals surface area contributed by atoms with Crippen molar-refractivity contribution in [2.45, 2.75) is 20.3 Å². The first kappa shape index (κ1) is 9.39. The summed E-state index contributed by atoms with van der Waals surface area (Å²) in [7, 11) is 0. The third kappa shape index (κ3) is 1.91. The minimum Gasteiger partial charge on any atom is -0.294 e. The zero-order chi connectivity index (χ0) is 9.14. The number of hydrogen-bond acceptors (Lipinski definition) is 2. The molecule has 3 heteroatoms. The quantitative estimate of drug-likeness (QED) is 0.575. The van der Waals surface area contributed by atoms with Gasteiger partial charge in [0.25, 0.3) is 0 Å². The highest BCUT2D eigenvalue weighted by molar-refractivity contribution is 9.10. The number of carbonyl (C=O) groups excluding carboxylic acids is 1. The second kappa shape index (κ2) is 3.81.